The fourth-order valence-electron chi connectivity index (χ4n) is 5.68. The second kappa shape index (κ2) is 13.0. The van der Waals surface area contributed by atoms with Gasteiger partial charge in [-0.05, 0) is 75.3 Å². The van der Waals surface area contributed by atoms with Crippen molar-refractivity contribution in [1.29, 1.82) is 0 Å². The fourth-order valence-corrected chi connectivity index (χ4v) is 5.68. The van der Waals surface area contributed by atoms with Crippen LogP contribution in [0.5, 0.6) is 0 Å². The fraction of sp³-hybridized carbons (Fsp3) is 0.567. The zero-order valence-electron chi connectivity index (χ0n) is 24.3. The molecule has 2 aliphatic carbocycles. The molecule has 11 nitrogen and oxygen atoms in total. The number of nitrogens with zero attached hydrogens (tertiary/aromatic N) is 4. The third kappa shape index (κ3) is 7.33. The van der Waals surface area contributed by atoms with Crippen LogP contribution in [0.25, 0.3) is 0 Å². The largest absolute Gasteiger partial charge is 0.344 e. The van der Waals surface area contributed by atoms with Crippen LogP contribution in [0.2, 0.25) is 0 Å². The van der Waals surface area contributed by atoms with E-state index in [1.54, 1.807) is 17.0 Å². The molecule has 226 valence electrons. The number of likely N-dealkylation sites (N-methyl/N-ethyl adjacent to an activating group) is 1. The number of piperazine rings is 1. The van der Waals surface area contributed by atoms with Gasteiger partial charge in [0.05, 0.1) is 12.2 Å². The average Bonchev–Trinajstić information content (AvgIpc) is 3.92. The normalized spacial score (nSPS) is 18.0. The molecule has 3 N–H and O–H groups in total. The van der Waals surface area contributed by atoms with E-state index in [9.17, 15) is 19.2 Å². The lowest BCUT2D eigenvalue weighted by atomic mass is 9.95. The summed E-state index contributed by atoms with van der Waals surface area (Å²) in [5.74, 6) is -1.18. The monoisotopic (exact) mass is 581 g/mol. The standard InChI is InChI=1S/C30H40FN7O4/c1-3-38-25(10-11-33-38)28(40)32-18-26(39)34-23-9-4-19(16-22(23)31)17-24(30(42)37-14-12-36(2)13-15-37)35-29(41)27(20-5-6-20)21-7-8-21/h4,9-11,16,20-21,24,27H,3,5-8,12-15,17-18H2,1-2H3,(H,32,40)(H,34,39)(H,35,41). The Bertz CT molecular complexity index is 1300. The number of aryl methyl sites for hydroxylation is 1. The summed E-state index contributed by atoms with van der Waals surface area (Å²) in [4.78, 5) is 55.7. The van der Waals surface area contributed by atoms with Gasteiger partial charge in [-0.2, -0.15) is 5.10 Å². The number of rotatable bonds is 12. The van der Waals surface area contributed by atoms with Gasteiger partial charge in [0.2, 0.25) is 17.7 Å². The van der Waals surface area contributed by atoms with Gasteiger partial charge in [-0.25, -0.2) is 4.39 Å². The number of benzene rings is 1. The highest BCUT2D eigenvalue weighted by Gasteiger charge is 2.46. The smallest absolute Gasteiger partial charge is 0.269 e. The molecular weight excluding hydrogens is 541 g/mol. The number of hydrogen-bond acceptors (Lipinski definition) is 6. The molecule has 1 aromatic carbocycles. The van der Waals surface area contributed by atoms with Gasteiger partial charge < -0.3 is 25.8 Å². The number of amides is 4. The van der Waals surface area contributed by atoms with Crippen LogP contribution in [0, 0.1) is 23.6 Å². The predicted octanol–water partition coefficient (Wildman–Crippen LogP) is 1.65. The van der Waals surface area contributed by atoms with Gasteiger partial charge in [-0.1, -0.05) is 6.07 Å². The highest BCUT2D eigenvalue weighted by molar-refractivity contribution is 5.98. The lowest BCUT2D eigenvalue weighted by Crippen LogP contribution is -2.55. The second-order valence-corrected chi connectivity index (χ2v) is 11.7. The molecule has 12 heteroatoms. The van der Waals surface area contributed by atoms with E-state index < -0.39 is 23.7 Å². The number of aromatic nitrogens is 2. The van der Waals surface area contributed by atoms with Gasteiger partial charge in [0, 0.05) is 51.3 Å². The molecule has 1 aromatic heterocycles. The molecule has 1 saturated heterocycles. The molecule has 3 aliphatic rings. The quantitative estimate of drug-likeness (QED) is 0.350. The first-order valence-electron chi connectivity index (χ1n) is 14.9. The average molecular weight is 582 g/mol. The summed E-state index contributed by atoms with van der Waals surface area (Å²) in [5, 5.41) is 12.1. The van der Waals surface area contributed by atoms with Crippen molar-refractivity contribution in [3.63, 3.8) is 0 Å². The molecule has 0 bridgehead atoms. The summed E-state index contributed by atoms with van der Waals surface area (Å²) < 4.78 is 16.6. The van der Waals surface area contributed by atoms with Crippen LogP contribution in [0.15, 0.2) is 30.5 Å². The second-order valence-electron chi connectivity index (χ2n) is 11.7. The highest BCUT2D eigenvalue weighted by atomic mass is 19.1. The Morgan fingerprint density at radius 2 is 1.71 bits per heavy atom. The molecular formula is C30H40FN7O4. The molecule has 2 saturated carbocycles. The summed E-state index contributed by atoms with van der Waals surface area (Å²) in [5.41, 5.74) is 0.827. The molecule has 5 rings (SSSR count). The molecule has 4 amide bonds. The molecule has 0 spiro atoms. The Hall–Kier alpha value is -3.80. The maximum absolute atomic E-state index is 15.1. The van der Waals surface area contributed by atoms with Gasteiger partial charge in [0.15, 0.2) is 0 Å². The minimum atomic E-state index is -0.799. The van der Waals surface area contributed by atoms with Crippen molar-refractivity contribution in [1.82, 2.24) is 30.2 Å². The van der Waals surface area contributed by atoms with Gasteiger partial charge in [-0.15, -0.1) is 0 Å². The minimum absolute atomic E-state index is 0.0369. The Morgan fingerprint density at radius 1 is 1.02 bits per heavy atom. The van der Waals surface area contributed by atoms with Crippen LogP contribution >= 0.6 is 0 Å². The number of anilines is 1. The first-order chi connectivity index (χ1) is 20.2. The first kappa shape index (κ1) is 29.7. The Balaban J connectivity index is 1.22. The first-order valence-corrected chi connectivity index (χ1v) is 14.9. The van der Waals surface area contributed by atoms with Crippen LogP contribution in [0.1, 0.15) is 48.7 Å². The highest BCUT2D eigenvalue weighted by Crippen LogP contribution is 2.49. The zero-order chi connectivity index (χ0) is 29.8. The summed E-state index contributed by atoms with van der Waals surface area (Å²) in [6.45, 7) is 4.68. The molecule has 1 unspecified atom stereocenters. The molecule has 0 radical (unpaired) electrons. The van der Waals surface area contributed by atoms with E-state index in [2.05, 4.69) is 25.9 Å². The number of carbonyl (C=O) groups excluding carboxylic acids is 4. The lowest BCUT2D eigenvalue weighted by Gasteiger charge is -2.35. The topological polar surface area (TPSA) is 129 Å². The Labute approximate surface area is 245 Å². The van der Waals surface area contributed by atoms with Crippen molar-refractivity contribution in [3.8, 4) is 0 Å². The van der Waals surface area contributed by atoms with E-state index in [0.29, 0.717) is 42.7 Å². The van der Waals surface area contributed by atoms with Crippen LogP contribution in [-0.4, -0.2) is 89.0 Å². The van der Waals surface area contributed by atoms with Crippen LogP contribution < -0.4 is 16.0 Å². The Morgan fingerprint density at radius 3 is 2.33 bits per heavy atom. The predicted molar refractivity (Wildman–Crippen MR) is 154 cm³/mol. The molecule has 3 fully saturated rings. The number of hydrogen-bond donors (Lipinski definition) is 3. The summed E-state index contributed by atoms with van der Waals surface area (Å²) in [6, 6.07) is 5.12. The van der Waals surface area contributed by atoms with Crippen molar-refractivity contribution < 1.29 is 23.6 Å². The Kier molecular flexibility index (Phi) is 9.20. The SMILES string of the molecule is CCn1nccc1C(=O)NCC(=O)Nc1ccc(CC(NC(=O)C(C2CC2)C2CC2)C(=O)N2CCN(C)CC2)cc1F. The van der Waals surface area contributed by atoms with Crippen molar-refractivity contribution in [2.75, 3.05) is 45.1 Å². The van der Waals surface area contributed by atoms with Crippen molar-refractivity contribution in [3.05, 3.63) is 47.5 Å². The van der Waals surface area contributed by atoms with E-state index in [-0.39, 0.29) is 36.4 Å². The van der Waals surface area contributed by atoms with Crippen LogP contribution in [0.3, 0.4) is 0 Å². The summed E-state index contributed by atoms with van der Waals surface area (Å²) in [7, 11) is 2.01. The zero-order valence-corrected chi connectivity index (χ0v) is 24.3. The summed E-state index contributed by atoms with van der Waals surface area (Å²) in [6.07, 6.45) is 5.86. The van der Waals surface area contributed by atoms with Crippen molar-refractivity contribution >= 4 is 29.3 Å². The maximum Gasteiger partial charge on any atom is 0.269 e. The molecule has 1 atom stereocenters. The molecule has 1 aliphatic heterocycles. The van der Waals surface area contributed by atoms with Crippen LogP contribution in [-0.2, 0) is 27.3 Å². The lowest BCUT2D eigenvalue weighted by molar-refractivity contribution is -0.139. The third-order valence-corrected chi connectivity index (χ3v) is 8.40. The van der Waals surface area contributed by atoms with Gasteiger partial charge in [0.25, 0.3) is 5.91 Å². The molecule has 2 aromatic rings. The molecule has 42 heavy (non-hydrogen) atoms. The maximum atomic E-state index is 15.1. The number of carbonyl (C=O) groups is 4. The van der Waals surface area contributed by atoms with E-state index in [4.69, 9.17) is 0 Å². The van der Waals surface area contributed by atoms with Gasteiger partial charge >= 0.3 is 0 Å². The van der Waals surface area contributed by atoms with Gasteiger partial charge in [0.1, 0.15) is 17.6 Å². The summed E-state index contributed by atoms with van der Waals surface area (Å²) >= 11 is 0. The van der Waals surface area contributed by atoms with Crippen molar-refractivity contribution in [2.24, 2.45) is 17.8 Å². The van der Waals surface area contributed by atoms with E-state index in [0.717, 1.165) is 38.8 Å². The number of nitrogens with one attached hydrogen (secondary N) is 3. The van der Waals surface area contributed by atoms with Gasteiger partial charge in [-0.3, -0.25) is 23.9 Å². The third-order valence-electron chi connectivity index (χ3n) is 8.40. The van der Waals surface area contributed by atoms with Crippen molar-refractivity contribution in [2.45, 2.75) is 51.6 Å². The number of halogens is 1. The molecule has 2 heterocycles. The van der Waals surface area contributed by atoms with E-state index >= 15 is 4.39 Å². The minimum Gasteiger partial charge on any atom is -0.344 e. The van der Waals surface area contributed by atoms with E-state index in [1.807, 2.05) is 14.0 Å². The van der Waals surface area contributed by atoms with E-state index in [1.165, 1.54) is 23.0 Å². The van der Waals surface area contributed by atoms with Crippen LogP contribution in [0.4, 0.5) is 10.1 Å².